The van der Waals surface area contributed by atoms with Crippen LogP contribution in [0.3, 0.4) is 0 Å². The second kappa shape index (κ2) is 6.01. The van der Waals surface area contributed by atoms with E-state index in [-0.39, 0.29) is 0 Å². The molecule has 2 radical (unpaired) electrons. The van der Waals surface area contributed by atoms with Gasteiger partial charge in [-0.1, -0.05) is 52.8 Å². The normalized spacial score (nSPS) is 15.7. The summed E-state index contributed by atoms with van der Waals surface area (Å²) in [5.41, 5.74) is 5.13. The summed E-state index contributed by atoms with van der Waals surface area (Å²) in [6.45, 7) is 18.2. The molecule has 1 heterocycles. The van der Waals surface area contributed by atoms with Crippen molar-refractivity contribution in [3.8, 4) is 0 Å². The Morgan fingerprint density at radius 2 is 1.52 bits per heavy atom. The number of rotatable bonds is 3. The smallest absolute Gasteiger partial charge is 0.152 e. The van der Waals surface area contributed by atoms with Gasteiger partial charge in [-0.3, -0.25) is 0 Å². The van der Waals surface area contributed by atoms with Crippen molar-refractivity contribution in [2.24, 2.45) is 4.99 Å². The maximum Gasteiger partial charge on any atom is 0.152 e. The number of anilines is 1. The molecule has 21 heavy (non-hydrogen) atoms. The SMILES string of the molecule is CC(C)c1cccc(C(C)C)c1N1[C]C(=P(C)(C)C)N=C1. The van der Waals surface area contributed by atoms with E-state index in [4.69, 9.17) is 0 Å². The fourth-order valence-electron chi connectivity index (χ4n) is 2.50. The van der Waals surface area contributed by atoms with Crippen molar-refractivity contribution in [2.75, 3.05) is 24.9 Å². The molecule has 0 bridgehead atoms. The molecule has 1 aromatic carbocycles. The maximum atomic E-state index is 4.62. The predicted octanol–water partition coefficient (Wildman–Crippen LogP) is 4.86. The lowest BCUT2D eigenvalue weighted by Gasteiger charge is -2.25. The number of hydrogen-bond acceptors (Lipinski definition) is 1. The molecule has 0 aromatic heterocycles. The summed E-state index contributed by atoms with van der Waals surface area (Å²) < 4.78 is 0. The third kappa shape index (κ3) is 3.43. The Bertz CT molecular complexity index is 571. The highest BCUT2D eigenvalue weighted by Crippen LogP contribution is 2.41. The first-order valence-electron chi connectivity index (χ1n) is 7.63. The van der Waals surface area contributed by atoms with Crippen LogP contribution in [0.15, 0.2) is 23.2 Å². The number of nitrogens with zero attached hydrogens (tertiary/aromatic N) is 2. The summed E-state index contributed by atoms with van der Waals surface area (Å²) >= 11 is 0. The van der Waals surface area contributed by atoms with E-state index in [9.17, 15) is 0 Å². The second-order valence-corrected chi connectivity index (χ2v) is 11.6. The molecule has 0 N–H and O–H groups in total. The minimum atomic E-state index is -1.13. The molecule has 3 heteroatoms. The van der Waals surface area contributed by atoms with E-state index in [0.29, 0.717) is 11.8 Å². The summed E-state index contributed by atoms with van der Waals surface area (Å²) in [5, 5.41) is 0. The lowest BCUT2D eigenvalue weighted by atomic mass is 9.92. The summed E-state index contributed by atoms with van der Waals surface area (Å²) in [7, 11) is 0. The van der Waals surface area contributed by atoms with Crippen LogP contribution in [0.25, 0.3) is 0 Å². The molecule has 1 aliphatic heterocycles. The molecule has 0 spiro atoms. The van der Waals surface area contributed by atoms with Crippen LogP contribution in [0.4, 0.5) is 5.69 Å². The van der Waals surface area contributed by atoms with Gasteiger partial charge in [0.2, 0.25) is 0 Å². The quantitative estimate of drug-likeness (QED) is 0.728. The molecular formula is C18H27N2P. The second-order valence-electron chi connectivity index (χ2n) is 7.16. The third-order valence-electron chi connectivity index (χ3n) is 3.73. The molecule has 0 amide bonds. The highest BCUT2D eigenvalue weighted by Gasteiger charge is 2.24. The molecule has 0 saturated heterocycles. The Balaban J connectivity index is 2.52. The molecule has 114 valence electrons. The standard InChI is InChI=1S/C18H27N2P/c1-13(2)15-9-8-10-16(14(3)4)18(15)20-11-17(19-12-20)21(5,6)7/h8-10,12-14H,1-7H3. The zero-order valence-corrected chi connectivity index (χ0v) is 15.2. The summed E-state index contributed by atoms with van der Waals surface area (Å²) in [6, 6.07) is 6.63. The van der Waals surface area contributed by atoms with Gasteiger partial charge in [-0.2, -0.15) is 0 Å². The van der Waals surface area contributed by atoms with Crippen LogP contribution in [-0.4, -0.2) is 31.8 Å². The molecule has 0 atom stereocenters. The van der Waals surface area contributed by atoms with Crippen molar-refractivity contribution in [3.63, 3.8) is 0 Å². The van der Waals surface area contributed by atoms with Crippen LogP contribution in [-0.2, 0) is 0 Å². The maximum absolute atomic E-state index is 4.62. The van der Waals surface area contributed by atoms with E-state index >= 15 is 0 Å². The van der Waals surface area contributed by atoms with E-state index in [0.717, 1.165) is 5.42 Å². The highest BCUT2D eigenvalue weighted by molar-refractivity contribution is 7.74. The van der Waals surface area contributed by atoms with Crippen LogP contribution in [0.1, 0.15) is 50.7 Å². The van der Waals surface area contributed by atoms with Crippen molar-refractivity contribution in [1.29, 1.82) is 0 Å². The topological polar surface area (TPSA) is 15.6 Å². The molecule has 0 aliphatic carbocycles. The van der Waals surface area contributed by atoms with Crippen LogP contribution in [0.2, 0.25) is 0 Å². The van der Waals surface area contributed by atoms with Gasteiger partial charge >= 0.3 is 0 Å². The van der Waals surface area contributed by atoms with Crippen molar-refractivity contribution < 1.29 is 0 Å². The molecule has 0 unspecified atom stereocenters. The Labute approximate surface area is 130 Å². The molecule has 1 aromatic rings. The number of hydrogen-bond donors (Lipinski definition) is 0. The Hall–Kier alpha value is -1.01. The largest absolute Gasteiger partial charge is 0.314 e. The van der Waals surface area contributed by atoms with Gasteiger partial charge in [0, 0.05) is 5.69 Å². The van der Waals surface area contributed by atoms with Crippen molar-refractivity contribution in [2.45, 2.75) is 39.5 Å². The van der Waals surface area contributed by atoms with Gasteiger partial charge in [0.25, 0.3) is 0 Å². The van der Waals surface area contributed by atoms with Crippen LogP contribution in [0, 0.1) is 6.54 Å². The lowest BCUT2D eigenvalue weighted by Crippen LogP contribution is -2.19. The van der Waals surface area contributed by atoms with E-state index in [1.807, 2.05) is 6.34 Å². The van der Waals surface area contributed by atoms with Crippen molar-refractivity contribution in [1.82, 2.24) is 0 Å². The number of benzene rings is 1. The average Bonchev–Trinajstić information content (AvgIpc) is 2.86. The highest BCUT2D eigenvalue weighted by atomic mass is 31.2. The third-order valence-corrected chi connectivity index (χ3v) is 5.22. The molecular weight excluding hydrogens is 275 g/mol. The molecule has 2 rings (SSSR count). The summed E-state index contributed by atoms with van der Waals surface area (Å²) in [6.07, 6.45) is 1.94. The fourth-order valence-corrected chi connectivity index (χ4v) is 3.31. The van der Waals surface area contributed by atoms with Crippen molar-refractivity contribution in [3.05, 3.63) is 35.9 Å². The number of para-hydroxylation sites is 1. The Morgan fingerprint density at radius 3 is 1.90 bits per heavy atom. The van der Waals surface area contributed by atoms with Gasteiger partial charge in [-0.05, 0) is 43.0 Å². The van der Waals surface area contributed by atoms with Gasteiger partial charge in [0.1, 0.15) is 0 Å². The lowest BCUT2D eigenvalue weighted by molar-refractivity contribution is 0.832. The van der Waals surface area contributed by atoms with Crippen LogP contribution < -0.4 is 4.90 Å². The Kier molecular flexibility index (Phi) is 4.68. The minimum absolute atomic E-state index is 0.488. The molecule has 1 aliphatic rings. The molecule has 0 fully saturated rings. The number of aliphatic imine (C=N–C) groups is 1. The fraction of sp³-hybridized carbons (Fsp3) is 0.500. The van der Waals surface area contributed by atoms with E-state index in [1.54, 1.807) is 0 Å². The van der Waals surface area contributed by atoms with Crippen molar-refractivity contribution >= 4 is 24.3 Å². The van der Waals surface area contributed by atoms with E-state index < -0.39 is 6.89 Å². The zero-order valence-electron chi connectivity index (χ0n) is 14.3. The summed E-state index contributed by atoms with van der Waals surface area (Å²) in [5.74, 6) is 0.977. The van der Waals surface area contributed by atoms with Gasteiger partial charge in [0.15, 0.2) is 6.54 Å². The predicted molar refractivity (Wildman–Crippen MR) is 98.5 cm³/mol. The monoisotopic (exact) mass is 302 g/mol. The minimum Gasteiger partial charge on any atom is -0.314 e. The van der Waals surface area contributed by atoms with E-state index in [2.05, 4.69) is 82.3 Å². The molecule has 2 nitrogen and oxygen atoms in total. The Morgan fingerprint density at radius 1 is 1.00 bits per heavy atom. The van der Waals surface area contributed by atoms with Gasteiger partial charge in [-0.25, -0.2) is 4.99 Å². The first-order valence-corrected chi connectivity index (χ1v) is 10.8. The van der Waals surface area contributed by atoms with Crippen LogP contribution >= 0.6 is 6.89 Å². The van der Waals surface area contributed by atoms with Gasteiger partial charge < -0.3 is 4.90 Å². The zero-order chi connectivity index (χ0) is 15.8. The average molecular weight is 302 g/mol. The van der Waals surface area contributed by atoms with Gasteiger partial charge in [0.05, 0.1) is 11.8 Å². The van der Waals surface area contributed by atoms with Gasteiger partial charge in [-0.15, -0.1) is 0 Å². The first-order chi connectivity index (χ1) is 9.71. The molecule has 0 saturated carbocycles. The van der Waals surface area contributed by atoms with E-state index in [1.165, 1.54) is 16.8 Å². The summed E-state index contributed by atoms with van der Waals surface area (Å²) in [4.78, 5) is 6.74. The van der Waals surface area contributed by atoms with Crippen LogP contribution in [0.5, 0.6) is 0 Å². The first kappa shape index (κ1) is 16.4.